The lowest BCUT2D eigenvalue weighted by molar-refractivity contribution is -0.117. The van der Waals surface area contributed by atoms with Gasteiger partial charge in [0.05, 0.1) is 0 Å². The van der Waals surface area contributed by atoms with Gasteiger partial charge in [-0.25, -0.2) is 0 Å². The maximum absolute atomic E-state index is 11.7. The van der Waals surface area contributed by atoms with Crippen molar-refractivity contribution in [1.29, 1.82) is 0 Å². The molecule has 114 valence electrons. The third kappa shape index (κ3) is 2.68. The van der Waals surface area contributed by atoms with Crippen LogP contribution in [0.1, 0.15) is 43.3 Å². The first kappa shape index (κ1) is 13.3. The van der Waals surface area contributed by atoms with E-state index in [1.807, 2.05) is 29.2 Å². The Morgan fingerprint density at radius 2 is 2.09 bits per heavy atom. The molecule has 6 nitrogen and oxygen atoms in total. The van der Waals surface area contributed by atoms with E-state index in [9.17, 15) is 4.79 Å². The van der Waals surface area contributed by atoms with Gasteiger partial charge in [-0.15, -0.1) is 0 Å². The van der Waals surface area contributed by atoms with Crippen LogP contribution in [0, 0.1) is 0 Å². The first-order valence-electron chi connectivity index (χ1n) is 7.65. The van der Waals surface area contributed by atoms with Crippen molar-refractivity contribution in [1.82, 2.24) is 10.1 Å². The van der Waals surface area contributed by atoms with Gasteiger partial charge in [-0.1, -0.05) is 5.16 Å². The summed E-state index contributed by atoms with van der Waals surface area (Å²) in [5.41, 5.74) is 0.920. The van der Waals surface area contributed by atoms with E-state index in [1.54, 1.807) is 0 Å². The number of aromatic nitrogens is 2. The highest BCUT2D eigenvalue weighted by Gasteiger charge is 2.28. The van der Waals surface area contributed by atoms with Crippen LogP contribution in [0.25, 0.3) is 0 Å². The van der Waals surface area contributed by atoms with Crippen molar-refractivity contribution in [3.8, 4) is 5.75 Å². The molecule has 1 aromatic heterocycles. The highest BCUT2D eigenvalue weighted by atomic mass is 16.5. The quantitative estimate of drug-likeness (QED) is 0.849. The lowest BCUT2D eigenvalue weighted by Gasteiger charge is -2.15. The molecule has 2 aromatic rings. The van der Waals surface area contributed by atoms with Crippen molar-refractivity contribution >= 4 is 11.6 Å². The Bertz CT molecular complexity index is 676. The van der Waals surface area contributed by atoms with Crippen molar-refractivity contribution < 1.29 is 14.1 Å². The molecule has 4 rings (SSSR count). The fourth-order valence-corrected chi connectivity index (χ4v) is 2.62. The monoisotopic (exact) mass is 299 g/mol. The van der Waals surface area contributed by atoms with Crippen molar-refractivity contribution in [2.45, 2.75) is 38.2 Å². The second-order valence-corrected chi connectivity index (χ2v) is 5.75. The molecule has 0 bridgehead atoms. The van der Waals surface area contributed by atoms with Crippen LogP contribution in [-0.2, 0) is 11.4 Å². The van der Waals surface area contributed by atoms with Gasteiger partial charge in [-0.2, -0.15) is 4.98 Å². The first-order valence-corrected chi connectivity index (χ1v) is 7.65. The van der Waals surface area contributed by atoms with Crippen LogP contribution in [-0.4, -0.2) is 22.6 Å². The Morgan fingerprint density at radius 3 is 2.77 bits per heavy atom. The lowest BCUT2D eigenvalue weighted by atomic mass is 10.3. The zero-order valence-corrected chi connectivity index (χ0v) is 12.2. The van der Waals surface area contributed by atoms with Gasteiger partial charge < -0.3 is 14.2 Å². The topological polar surface area (TPSA) is 68.5 Å². The average molecular weight is 299 g/mol. The van der Waals surface area contributed by atoms with Crippen LogP contribution in [0.2, 0.25) is 0 Å². The minimum Gasteiger partial charge on any atom is -0.484 e. The van der Waals surface area contributed by atoms with E-state index in [-0.39, 0.29) is 12.5 Å². The van der Waals surface area contributed by atoms with Crippen LogP contribution in [0.3, 0.4) is 0 Å². The molecule has 1 aromatic carbocycles. The molecule has 0 N–H and O–H groups in total. The van der Waals surface area contributed by atoms with Crippen LogP contribution >= 0.6 is 0 Å². The van der Waals surface area contributed by atoms with Crippen molar-refractivity contribution in [2.24, 2.45) is 0 Å². The van der Waals surface area contributed by atoms with Gasteiger partial charge in [0.15, 0.2) is 12.4 Å². The number of amides is 1. The molecular formula is C16H17N3O3. The molecule has 22 heavy (non-hydrogen) atoms. The van der Waals surface area contributed by atoms with E-state index >= 15 is 0 Å². The maximum atomic E-state index is 11.7. The molecule has 2 aliphatic rings. The number of benzene rings is 1. The molecule has 2 heterocycles. The second kappa shape index (κ2) is 5.44. The molecule has 2 fully saturated rings. The number of ether oxygens (including phenoxy) is 1. The fourth-order valence-electron chi connectivity index (χ4n) is 2.62. The van der Waals surface area contributed by atoms with E-state index in [2.05, 4.69) is 10.1 Å². The van der Waals surface area contributed by atoms with Crippen LogP contribution in [0.4, 0.5) is 5.69 Å². The Morgan fingerprint density at radius 1 is 1.27 bits per heavy atom. The van der Waals surface area contributed by atoms with Gasteiger partial charge in [-0.05, 0) is 43.5 Å². The standard InChI is InChI=1S/C16H17N3O3/c20-15-2-1-9-19(15)12-5-7-13(8-6-12)21-10-14-17-16(18-22-14)11-3-4-11/h5-8,11H,1-4,9-10H2. The van der Waals surface area contributed by atoms with Crippen LogP contribution in [0.5, 0.6) is 5.75 Å². The average Bonchev–Trinajstić information content (AvgIpc) is 3.13. The third-order valence-corrected chi connectivity index (χ3v) is 4.01. The first-order chi connectivity index (χ1) is 10.8. The summed E-state index contributed by atoms with van der Waals surface area (Å²) in [4.78, 5) is 17.8. The van der Waals surface area contributed by atoms with Crippen LogP contribution in [0.15, 0.2) is 28.8 Å². The Kier molecular flexibility index (Phi) is 3.29. The normalized spacial score (nSPS) is 18.0. The summed E-state index contributed by atoms with van der Waals surface area (Å²) in [5.74, 6) is 2.69. The van der Waals surface area contributed by atoms with Crippen LogP contribution < -0.4 is 9.64 Å². The predicted octanol–water partition coefficient (Wildman–Crippen LogP) is 2.65. The largest absolute Gasteiger partial charge is 0.484 e. The van der Waals surface area contributed by atoms with Crippen molar-refractivity contribution in [2.75, 3.05) is 11.4 Å². The molecule has 0 radical (unpaired) electrons. The molecule has 1 saturated heterocycles. The molecule has 6 heteroatoms. The van der Waals surface area contributed by atoms with E-state index < -0.39 is 0 Å². The smallest absolute Gasteiger partial charge is 0.264 e. The van der Waals surface area contributed by atoms with E-state index in [1.165, 1.54) is 0 Å². The molecule has 0 spiro atoms. The zero-order valence-electron chi connectivity index (χ0n) is 12.2. The third-order valence-electron chi connectivity index (χ3n) is 4.01. The van der Waals surface area contributed by atoms with Gasteiger partial charge in [0.1, 0.15) is 5.75 Å². The number of anilines is 1. The number of hydrogen-bond donors (Lipinski definition) is 0. The number of carbonyl (C=O) groups excluding carboxylic acids is 1. The number of hydrogen-bond acceptors (Lipinski definition) is 5. The minimum absolute atomic E-state index is 0.187. The van der Waals surface area contributed by atoms with E-state index in [0.29, 0.717) is 18.2 Å². The molecule has 1 saturated carbocycles. The summed E-state index contributed by atoms with van der Waals surface area (Å²) >= 11 is 0. The van der Waals surface area contributed by atoms with Gasteiger partial charge in [0.25, 0.3) is 5.89 Å². The van der Waals surface area contributed by atoms with Crippen molar-refractivity contribution in [3.05, 3.63) is 36.0 Å². The maximum Gasteiger partial charge on any atom is 0.264 e. The molecule has 0 atom stereocenters. The summed E-state index contributed by atoms with van der Waals surface area (Å²) < 4.78 is 10.8. The highest BCUT2D eigenvalue weighted by Crippen LogP contribution is 2.38. The number of carbonyl (C=O) groups is 1. The minimum atomic E-state index is 0.187. The summed E-state index contributed by atoms with van der Waals surface area (Å²) in [5, 5.41) is 3.95. The molecular weight excluding hydrogens is 282 g/mol. The van der Waals surface area contributed by atoms with E-state index in [0.717, 1.165) is 43.1 Å². The second-order valence-electron chi connectivity index (χ2n) is 5.75. The summed E-state index contributed by atoms with van der Waals surface area (Å²) in [6.45, 7) is 1.06. The number of rotatable bonds is 5. The highest BCUT2D eigenvalue weighted by molar-refractivity contribution is 5.95. The van der Waals surface area contributed by atoms with E-state index in [4.69, 9.17) is 9.26 Å². The number of nitrogens with zero attached hydrogens (tertiary/aromatic N) is 3. The molecule has 0 unspecified atom stereocenters. The Hall–Kier alpha value is -2.37. The van der Waals surface area contributed by atoms with Gasteiger partial charge in [0, 0.05) is 24.6 Å². The fraction of sp³-hybridized carbons (Fsp3) is 0.438. The van der Waals surface area contributed by atoms with Crippen molar-refractivity contribution in [3.63, 3.8) is 0 Å². The van der Waals surface area contributed by atoms with Gasteiger partial charge in [-0.3, -0.25) is 4.79 Å². The molecule has 1 aliphatic heterocycles. The van der Waals surface area contributed by atoms with Gasteiger partial charge >= 0.3 is 0 Å². The summed E-state index contributed by atoms with van der Waals surface area (Å²) in [6, 6.07) is 7.53. The lowest BCUT2D eigenvalue weighted by Crippen LogP contribution is -2.23. The predicted molar refractivity (Wildman–Crippen MR) is 78.6 cm³/mol. The summed E-state index contributed by atoms with van der Waals surface area (Å²) in [6.07, 6.45) is 3.86. The summed E-state index contributed by atoms with van der Waals surface area (Å²) in [7, 11) is 0. The Labute approximate surface area is 128 Å². The molecule has 1 amide bonds. The molecule has 1 aliphatic carbocycles. The Balaban J connectivity index is 1.37. The zero-order chi connectivity index (χ0) is 14.9. The van der Waals surface area contributed by atoms with Gasteiger partial charge in [0.2, 0.25) is 5.91 Å². The SMILES string of the molecule is O=C1CCCN1c1ccc(OCc2nc(C3CC3)no2)cc1.